The van der Waals surface area contributed by atoms with E-state index in [0.717, 1.165) is 12.0 Å². The Hall–Kier alpha value is -0.940. The van der Waals surface area contributed by atoms with Crippen molar-refractivity contribution in [1.82, 2.24) is 0 Å². The van der Waals surface area contributed by atoms with Crippen molar-refractivity contribution in [3.8, 4) is 5.75 Å². The Morgan fingerprint density at radius 3 is 2.78 bits per heavy atom. The second-order valence-corrected chi connectivity index (χ2v) is 4.87. The zero-order valence-corrected chi connectivity index (χ0v) is 10.3. The van der Waals surface area contributed by atoms with Gasteiger partial charge in [0.25, 0.3) is 0 Å². The number of ether oxygens (including phenoxy) is 1. The zero-order valence-electron chi connectivity index (χ0n) is 9.56. The third-order valence-electron chi connectivity index (χ3n) is 2.80. The quantitative estimate of drug-likeness (QED) is 0.923. The highest BCUT2D eigenvalue weighted by Crippen LogP contribution is 2.34. The van der Waals surface area contributed by atoms with E-state index in [2.05, 4.69) is 0 Å². The van der Waals surface area contributed by atoms with Gasteiger partial charge in [-0.1, -0.05) is 11.6 Å². The number of rotatable bonds is 3. The Labute approximate surface area is 108 Å². The fourth-order valence-corrected chi connectivity index (χ4v) is 2.41. The van der Waals surface area contributed by atoms with E-state index in [0.29, 0.717) is 22.9 Å². The van der Waals surface area contributed by atoms with Gasteiger partial charge in [0.15, 0.2) is 0 Å². The molecule has 1 unspecified atom stereocenters. The van der Waals surface area contributed by atoms with Gasteiger partial charge in [-0.3, -0.25) is 0 Å². The Bertz CT molecular complexity index is 448. The molecule has 0 radical (unpaired) electrons. The van der Waals surface area contributed by atoms with Crippen LogP contribution in [0.1, 0.15) is 17.5 Å². The first-order valence-corrected chi connectivity index (χ1v) is 5.99. The molecule has 1 atom stereocenters. The fraction of sp³-hybridized carbons (Fsp3) is 0.500. The lowest BCUT2D eigenvalue weighted by Gasteiger charge is -2.16. The number of fused-ring (bicyclic) bond motifs is 1. The lowest BCUT2D eigenvalue weighted by Crippen LogP contribution is -2.29. The van der Waals surface area contributed by atoms with Crippen molar-refractivity contribution in [1.29, 1.82) is 0 Å². The molecule has 1 aliphatic heterocycles. The van der Waals surface area contributed by atoms with Gasteiger partial charge in [0.1, 0.15) is 5.75 Å². The lowest BCUT2D eigenvalue weighted by atomic mass is 10.0. The molecule has 0 aromatic heterocycles. The molecule has 100 valence electrons. The SMILES string of the molecule is NC(Cc1cc(Cl)cc2c1OCC2)CC(F)(F)F. The predicted octanol–water partition coefficient (Wildman–Crippen LogP) is 3.10. The van der Waals surface area contributed by atoms with Gasteiger partial charge in [-0.15, -0.1) is 0 Å². The van der Waals surface area contributed by atoms with Crippen LogP contribution in [0, 0.1) is 0 Å². The summed E-state index contributed by atoms with van der Waals surface area (Å²) in [4.78, 5) is 0. The van der Waals surface area contributed by atoms with Gasteiger partial charge < -0.3 is 10.5 Å². The maximum absolute atomic E-state index is 12.2. The number of benzene rings is 1. The van der Waals surface area contributed by atoms with Crippen LogP contribution in [0.2, 0.25) is 5.02 Å². The molecule has 0 bridgehead atoms. The fourth-order valence-electron chi connectivity index (χ4n) is 2.15. The molecule has 2 N–H and O–H groups in total. The molecule has 18 heavy (non-hydrogen) atoms. The molecule has 1 aliphatic rings. The second-order valence-electron chi connectivity index (χ2n) is 4.44. The van der Waals surface area contributed by atoms with E-state index in [4.69, 9.17) is 22.1 Å². The summed E-state index contributed by atoms with van der Waals surface area (Å²) in [6.45, 7) is 0.539. The first-order chi connectivity index (χ1) is 8.35. The van der Waals surface area contributed by atoms with Gasteiger partial charge in [0.05, 0.1) is 13.0 Å². The first-order valence-electron chi connectivity index (χ1n) is 5.61. The van der Waals surface area contributed by atoms with Crippen LogP contribution in [-0.4, -0.2) is 18.8 Å². The van der Waals surface area contributed by atoms with E-state index in [-0.39, 0.29) is 6.42 Å². The van der Waals surface area contributed by atoms with Crippen molar-refractivity contribution >= 4 is 11.6 Å². The number of alkyl halides is 3. The van der Waals surface area contributed by atoms with E-state index in [1.54, 1.807) is 12.1 Å². The summed E-state index contributed by atoms with van der Waals surface area (Å²) >= 11 is 5.93. The van der Waals surface area contributed by atoms with E-state index in [1.165, 1.54) is 0 Å². The number of halogens is 4. The summed E-state index contributed by atoms with van der Waals surface area (Å²) in [6, 6.07) is 2.43. The van der Waals surface area contributed by atoms with Crippen molar-refractivity contribution in [2.75, 3.05) is 6.61 Å². The molecule has 1 aromatic carbocycles. The van der Waals surface area contributed by atoms with Crippen LogP contribution in [0.15, 0.2) is 12.1 Å². The maximum Gasteiger partial charge on any atom is 0.390 e. The third-order valence-corrected chi connectivity index (χ3v) is 3.02. The van der Waals surface area contributed by atoms with Gasteiger partial charge >= 0.3 is 6.18 Å². The molecule has 6 heteroatoms. The second kappa shape index (κ2) is 4.97. The summed E-state index contributed by atoms with van der Waals surface area (Å²) < 4.78 is 42.1. The summed E-state index contributed by atoms with van der Waals surface area (Å²) in [5, 5.41) is 0.508. The highest BCUT2D eigenvalue weighted by molar-refractivity contribution is 6.30. The van der Waals surface area contributed by atoms with Crippen LogP contribution in [0.5, 0.6) is 5.75 Å². The molecule has 2 rings (SSSR count). The number of nitrogens with two attached hydrogens (primary N) is 1. The lowest BCUT2D eigenvalue weighted by molar-refractivity contribution is -0.138. The van der Waals surface area contributed by atoms with E-state index in [1.807, 2.05) is 0 Å². The van der Waals surface area contributed by atoms with Crippen LogP contribution in [0.25, 0.3) is 0 Å². The average Bonchev–Trinajstić information content (AvgIpc) is 2.61. The van der Waals surface area contributed by atoms with Gasteiger partial charge in [-0.05, 0) is 29.7 Å². The summed E-state index contributed by atoms with van der Waals surface area (Å²) in [6.07, 6.45) is -4.41. The molecule has 2 nitrogen and oxygen atoms in total. The summed E-state index contributed by atoms with van der Waals surface area (Å²) in [5.74, 6) is 0.650. The van der Waals surface area contributed by atoms with Crippen molar-refractivity contribution in [2.24, 2.45) is 5.73 Å². The number of hydrogen-bond acceptors (Lipinski definition) is 2. The summed E-state index contributed by atoms with van der Waals surface area (Å²) in [5.41, 5.74) is 7.12. The molecule has 1 heterocycles. The molecular weight excluding hydrogens is 267 g/mol. The normalized spacial score (nSPS) is 16.3. The number of hydrogen-bond donors (Lipinski definition) is 1. The highest BCUT2D eigenvalue weighted by atomic mass is 35.5. The standard InChI is InChI=1S/C12H13ClF3NO/c13-9-3-7-1-2-18-11(7)8(4-9)5-10(17)6-12(14,15)16/h3-4,10H,1-2,5-6,17H2. The highest BCUT2D eigenvalue weighted by Gasteiger charge is 2.31. The van der Waals surface area contributed by atoms with Gasteiger partial charge in [-0.2, -0.15) is 13.2 Å². The Morgan fingerprint density at radius 1 is 1.39 bits per heavy atom. The van der Waals surface area contributed by atoms with Crippen molar-refractivity contribution < 1.29 is 17.9 Å². The molecule has 0 aliphatic carbocycles. The van der Waals surface area contributed by atoms with E-state index >= 15 is 0 Å². The Morgan fingerprint density at radius 2 is 2.11 bits per heavy atom. The molecule has 0 spiro atoms. The van der Waals surface area contributed by atoms with Crippen molar-refractivity contribution in [2.45, 2.75) is 31.5 Å². The largest absolute Gasteiger partial charge is 0.493 e. The third kappa shape index (κ3) is 3.29. The van der Waals surface area contributed by atoms with Crippen molar-refractivity contribution in [3.63, 3.8) is 0 Å². The van der Waals surface area contributed by atoms with Crippen LogP contribution < -0.4 is 10.5 Å². The smallest absolute Gasteiger partial charge is 0.390 e. The van der Waals surface area contributed by atoms with Gasteiger partial charge in [0.2, 0.25) is 0 Å². The average molecular weight is 280 g/mol. The molecule has 1 aromatic rings. The van der Waals surface area contributed by atoms with E-state index < -0.39 is 18.6 Å². The minimum absolute atomic E-state index is 0.113. The maximum atomic E-state index is 12.2. The molecule has 0 saturated heterocycles. The zero-order chi connectivity index (χ0) is 13.3. The summed E-state index contributed by atoms with van der Waals surface area (Å²) in [7, 11) is 0. The first kappa shape index (κ1) is 13.5. The van der Waals surface area contributed by atoms with Gasteiger partial charge in [-0.25, -0.2) is 0 Å². The molecule has 0 amide bonds. The minimum Gasteiger partial charge on any atom is -0.493 e. The van der Waals surface area contributed by atoms with Crippen LogP contribution in [0.3, 0.4) is 0 Å². The predicted molar refractivity (Wildman–Crippen MR) is 63.0 cm³/mol. The Balaban J connectivity index is 2.14. The van der Waals surface area contributed by atoms with Crippen LogP contribution in [0.4, 0.5) is 13.2 Å². The van der Waals surface area contributed by atoms with Crippen LogP contribution >= 0.6 is 11.6 Å². The van der Waals surface area contributed by atoms with Crippen molar-refractivity contribution in [3.05, 3.63) is 28.3 Å². The van der Waals surface area contributed by atoms with E-state index in [9.17, 15) is 13.2 Å². The van der Waals surface area contributed by atoms with Crippen LogP contribution in [-0.2, 0) is 12.8 Å². The monoisotopic (exact) mass is 279 g/mol. The molecular formula is C12H13ClF3NO. The topological polar surface area (TPSA) is 35.2 Å². The Kier molecular flexibility index (Phi) is 3.73. The molecule has 0 fully saturated rings. The van der Waals surface area contributed by atoms with Gasteiger partial charge in [0, 0.05) is 17.5 Å². The molecule has 0 saturated carbocycles. The minimum atomic E-state index is -4.25.